The van der Waals surface area contributed by atoms with Crippen LogP contribution in [-0.2, 0) is 12.8 Å². The molecule has 21 heavy (non-hydrogen) atoms. The summed E-state index contributed by atoms with van der Waals surface area (Å²) in [5, 5.41) is 10.3. The normalized spacial score (nSPS) is 12.0. The van der Waals surface area contributed by atoms with Crippen molar-refractivity contribution in [3.63, 3.8) is 0 Å². The molecule has 2 aromatic carbocycles. The number of methoxy groups -OCH3 is 2. The topological polar surface area (TPSA) is 38.7 Å². The van der Waals surface area contributed by atoms with Gasteiger partial charge in [-0.1, -0.05) is 28.1 Å². The lowest BCUT2D eigenvalue weighted by molar-refractivity contribution is 0.175. The lowest BCUT2D eigenvalue weighted by atomic mass is 10.0. The molecule has 0 saturated heterocycles. The van der Waals surface area contributed by atoms with E-state index in [9.17, 15) is 5.11 Å². The second-order valence-electron chi connectivity index (χ2n) is 4.87. The molecule has 1 atom stereocenters. The van der Waals surface area contributed by atoms with Crippen LogP contribution in [0, 0.1) is 0 Å². The van der Waals surface area contributed by atoms with Crippen LogP contribution >= 0.6 is 15.9 Å². The molecule has 2 aromatic rings. The van der Waals surface area contributed by atoms with Gasteiger partial charge in [0, 0.05) is 4.47 Å². The first-order valence-electron chi connectivity index (χ1n) is 6.75. The minimum Gasteiger partial charge on any atom is -0.497 e. The van der Waals surface area contributed by atoms with Crippen LogP contribution in [0.3, 0.4) is 0 Å². The van der Waals surface area contributed by atoms with Gasteiger partial charge < -0.3 is 14.6 Å². The van der Waals surface area contributed by atoms with Crippen molar-refractivity contribution in [1.82, 2.24) is 0 Å². The van der Waals surface area contributed by atoms with Crippen molar-refractivity contribution in [2.24, 2.45) is 0 Å². The monoisotopic (exact) mass is 350 g/mol. The third-order valence-electron chi connectivity index (χ3n) is 3.31. The first-order valence-corrected chi connectivity index (χ1v) is 7.55. The van der Waals surface area contributed by atoms with E-state index >= 15 is 0 Å². The van der Waals surface area contributed by atoms with Gasteiger partial charge in [0.15, 0.2) is 0 Å². The highest BCUT2D eigenvalue weighted by Crippen LogP contribution is 2.24. The summed E-state index contributed by atoms with van der Waals surface area (Å²) in [5.74, 6) is 1.60. The molecule has 1 N–H and O–H groups in total. The highest BCUT2D eigenvalue weighted by atomic mass is 79.9. The van der Waals surface area contributed by atoms with Gasteiger partial charge >= 0.3 is 0 Å². The minimum absolute atomic E-state index is 0.458. The van der Waals surface area contributed by atoms with Crippen LogP contribution in [0.5, 0.6) is 11.5 Å². The molecule has 0 bridgehead atoms. The summed E-state index contributed by atoms with van der Waals surface area (Å²) < 4.78 is 11.4. The molecule has 0 aliphatic heterocycles. The molecule has 0 aliphatic rings. The molecule has 0 heterocycles. The van der Waals surface area contributed by atoms with Gasteiger partial charge in [0.1, 0.15) is 11.5 Å². The Morgan fingerprint density at radius 3 is 2.43 bits per heavy atom. The number of hydrogen-bond donors (Lipinski definition) is 1. The van der Waals surface area contributed by atoms with Crippen molar-refractivity contribution in [3.05, 3.63) is 58.1 Å². The fraction of sp³-hybridized carbons (Fsp3) is 0.294. The summed E-state index contributed by atoms with van der Waals surface area (Å²) in [6.07, 6.45) is 0.691. The molecule has 0 aliphatic carbocycles. The van der Waals surface area contributed by atoms with Gasteiger partial charge in [-0.25, -0.2) is 0 Å². The largest absolute Gasteiger partial charge is 0.497 e. The van der Waals surface area contributed by atoms with Crippen molar-refractivity contribution in [2.45, 2.75) is 18.9 Å². The number of ether oxygens (including phenoxy) is 2. The Hall–Kier alpha value is -1.52. The van der Waals surface area contributed by atoms with Crippen LogP contribution in [-0.4, -0.2) is 25.4 Å². The fourth-order valence-corrected chi connectivity index (χ4v) is 2.64. The predicted molar refractivity (Wildman–Crippen MR) is 87.1 cm³/mol. The summed E-state index contributed by atoms with van der Waals surface area (Å²) in [4.78, 5) is 0. The van der Waals surface area contributed by atoms with E-state index in [-0.39, 0.29) is 0 Å². The first-order chi connectivity index (χ1) is 10.1. The zero-order chi connectivity index (χ0) is 15.2. The van der Waals surface area contributed by atoms with E-state index in [4.69, 9.17) is 9.47 Å². The van der Waals surface area contributed by atoms with E-state index in [1.165, 1.54) is 0 Å². The highest BCUT2D eigenvalue weighted by Gasteiger charge is 2.11. The molecule has 0 radical (unpaired) electrons. The van der Waals surface area contributed by atoms with Crippen LogP contribution in [0.4, 0.5) is 0 Å². The third-order valence-corrected chi connectivity index (χ3v) is 4.09. The average Bonchev–Trinajstić information content (AvgIpc) is 2.49. The van der Waals surface area contributed by atoms with Crippen molar-refractivity contribution < 1.29 is 14.6 Å². The molecule has 2 rings (SSSR count). The van der Waals surface area contributed by atoms with Crippen LogP contribution in [0.2, 0.25) is 0 Å². The van der Waals surface area contributed by atoms with E-state index in [0.717, 1.165) is 27.1 Å². The number of rotatable bonds is 6. The number of hydrogen-bond acceptors (Lipinski definition) is 3. The van der Waals surface area contributed by atoms with E-state index < -0.39 is 6.10 Å². The molecular formula is C17H19BrO3. The van der Waals surface area contributed by atoms with E-state index in [0.29, 0.717) is 12.8 Å². The van der Waals surface area contributed by atoms with Crippen LogP contribution in [0.25, 0.3) is 0 Å². The second-order valence-corrected chi connectivity index (χ2v) is 5.73. The smallest absolute Gasteiger partial charge is 0.119 e. The van der Waals surface area contributed by atoms with E-state index in [2.05, 4.69) is 15.9 Å². The van der Waals surface area contributed by atoms with Crippen LogP contribution in [0.15, 0.2) is 46.9 Å². The van der Waals surface area contributed by atoms with Gasteiger partial charge in [-0.05, 0) is 54.3 Å². The average molecular weight is 351 g/mol. The molecule has 112 valence electrons. The highest BCUT2D eigenvalue weighted by molar-refractivity contribution is 9.10. The third kappa shape index (κ3) is 4.48. The Kier molecular flexibility index (Phi) is 5.65. The second kappa shape index (κ2) is 7.48. The number of halogens is 1. The molecule has 0 aromatic heterocycles. The Morgan fingerprint density at radius 2 is 1.71 bits per heavy atom. The fourth-order valence-electron chi connectivity index (χ4n) is 2.23. The van der Waals surface area contributed by atoms with Crippen molar-refractivity contribution in [1.29, 1.82) is 0 Å². The summed E-state index contributed by atoms with van der Waals surface area (Å²) >= 11 is 3.51. The van der Waals surface area contributed by atoms with Gasteiger partial charge in [-0.2, -0.15) is 0 Å². The molecule has 0 amide bonds. The summed E-state index contributed by atoms with van der Waals surface area (Å²) in [7, 11) is 3.28. The lowest BCUT2D eigenvalue weighted by Crippen LogP contribution is -2.14. The maximum absolute atomic E-state index is 10.3. The molecule has 0 fully saturated rings. The maximum Gasteiger partial charge on any atom is 0.119 e. The standard InChI is InChI=1S/C17H19BrO3/c1-20-15-5-3-4-12(9-15)8-14(19)10-13-11-16(21-2)6-7-17(13)18/h3-7,9,11,14,19H,8,10H2,1-2H3. The van der Waals surface area contributed by atoms with Gasteiger partial charge in [0.05, 0.1) is 20.3 Å². The number of aliphatic hydroxyl groups excluding tert-OH is 1. The number of aliphatic hydroxyl groups is 1. The van der Waals surface area contributed by atoms with Crippen LogP contribution < -0.4 is 9.47 Å². The molecule has 4 heteroatoms. The van der Waals surface area contributed by atoms with Crippen LogP contribution in [0.1, 0.15) is 11.1 Å². The summed E-state index contributed by atoms with van der Waals surface area (Å²) in [6.45, 7) is 0. The molecule has 0 spiro atoms. The molecule has 3 nitrogen and oxygen atoms in total. The molecule has 1 unspecified atom stereocenters. The first kappa shape index (κ1) is 15.9. The van der Waals surface area contributed by atoms with Gasteiger partial charge in [0.2, 0.25) is 0 Å². The van der Waals surface area contributed by atoms with Gasteiger partial charge in [-0.3, -0.25) is 0 Å². The van der Waals surface area contributed by atoms with Crippen molar-refractivity contribution in [2.75, 3.05) is 14.2 Å². The zero-order valence-electron chi connectivity index (χ0n) is 12.2. The quantitative estimate of drug-likeness (QED) is 0.864. The maximum atomic E-state index is 10.3. The lowest BCUT2D eigenvalue weighted by Gasteiger charge is -2.13. The summed E-state index contributed by atoms with van der Waals surface area (Å²) in [6, 6.07) is 13.5. The van der Waals surface area contributed by atoms with Crippen molar-refractivity contribution in [3.8, 4) is 11.5 Å². The Labute approximate surface area is 133 Å². The van der Waals surface area contributed by atoms with Gasteiger partial charge in [-0.15, -0.1) is 0 Å². The number of benzene rings is 2. The van der Waals surface area contributed by atoms with E-state index in [1.807, 2.05) is 42.5 Å². The SMILES string of the molecule is COc1cccc(CC(O)Cc2cc(OC)ccc2Br)c1. The van der Waals surface area contributed by atoms with Crippen molar-refractivity contribution >= 4 is 15.9 Å². The Balaban J connectivity index is 2.05. The summed E-state index contributed by atoms with van der Waals surface area (Å²) in [5.41, 5.74) is 2.09. The molecular weight excluding hydrogens is 332 g/mol. The van der Waals surface area contributed by atoms with E-state index in [1.54, 1.807) is 14.2 Å². The predicted octanol–water partition coefficient (Wildman–Crippen LogP) is 3.61. The Bertz CT molecular complexity index is 598. The zero-order valence-corrected chi connectivity index (χ0v) is 13.8. The Morgan fingerprint density at radius 1 is 1.00 bits per heavy atom. The minimum atomic E-state index is -0.458. The molecule has 0 saturated carbocycles. The van der Waals surface area contributed by atoms with Gasteiger partial charge in [0.25, 0.3) is 0 Å².